The summed E-state index contributed by atoms with van der Waals surface area (Å²) in [6, 6.07) is 9.64. The molecule has 0 bridgehead atoms. The molecule has 0 N–H and O–H groups in total. The molecule has 1 fully saturated rings. The molecule has 16 heavy (non-hydrogen) atoms. The van der Waals surface area contributed by atoms with Gasteiger partial charge < -0.3 is 9.64 Å². The Morgan fingerprint density at radius 2 is 2.12 bits per heavy atom. The number of amides is 1. The van der Waals surface area contributed by atoms with Crippen LogP contribution in [0.4, 0.5) is 0 Å². The lowest BCUT2D eigenvalue weighted by atomic mass is 10.1. The van der Waals surface area contributed by atoms with E-state index in [1.54, 1.807) is 4.90 Å². The number of nitrogens with zero attached hydrogens (tertiary/aromatic N) is 1. The number of hydrogen-bond donors (Lipinski definition) is 0. The van der Waals surface area contributed by atoms with E-state index in [4.69, 9.17) is 4.74 Å². The summed E-state index contributed by atoms with van der Waals surface area (Å²) >= 11 is 0. The molecule has 1 aliphatic rings. The van der Waals surface area contributed by atoms with Crippen LogP contribution < -0.4 is 0 Å². The minimum Gasteiger partial charge on any atom is -0.441 e. The van der Waals surface area contributed by atoms with Gasteiger partial charge in [0.25, 0.3) is 0 Å². The summed E-state index contributed by atoms with van der Waals surface area (Å²) in [5.41, 5.74) is 1.03. The summed E-state index contributed by atoms with van der Waals surface area (Å²) in [7, 11) is 0. The van der Waals surface area contributed by atoms with Crippen LogP contribution in [0.5, 0.6) is 0 Å². The van der Waals surface area contributed by atoms with E-state index >= 15 is 0 Å². The topological polar surface area (TPSA) is 46.6 Å². The molecule has 1 amide bonds. The Morgan fingerprint density at radius 1 is 1.44 bits per heavy atom. The van der Waals surface area contributed by atoms with Crippen molar-refractivity contribution in [2.75, 3.05) is 0 Å². The van der Waals surface area contributed by atoms with E-state index in [0.717, 1.165) is 5.56 Å². The van der Waals surface area contributed by atoms with Gasteiger partial charge in [-0.3, -0.25) is 9.59 Å². The van der Waals surface area contributed by atoms with Crippen LogP contribution in [0, 0.1) is 0 Å². The average molecular weight is 219 g/mol. The molecule has 4 nitrogen and oxygen atoms in total. The Kier molecular flexibility index (Phi) is 2.90. The number of β-lactam (4-membered cyclic amide) rings is 1. The van der Waals surface area contributed by atoms with Crippen LogP contribution in [0.25, 0.3) is 0 Å². The number of ether oxygens (including phenoxy) is 1. The standard InChI is InChI=1S/C12H13NO3/c1-9(14)16-12-7-11(15)13(12)8-10-5-3-2-4-6-10/h2-6,12H,7-8H2,1H3. The third-order valence-corrected chi connectivity index (χ3v) is 2.51. The molecular weight excluding hydrogens is 206 g/mol. The van der Waals surface area contributed by atoms with Gasteiger partial charge in [0.2, 0.25) is 5.91 Å². The fourth-order valence-electron chi connectivity index (χ4n) is 1.69. The van der Waals surface area contributed by atoms with Crippen molar-refractivity contribution < 1.29 is 14.3 Å². The van der Waals surface area contributed by atoms with Gasteiger partial charge in [0.1, 0.15) is 0 Å². The van der Waals surface area contributed by atoms with Gasteiger partial charge >= 0.3 is 5.97 Å². The van der Waals surface area contributed by atoms with E-state index in [9.17, 15) is 9.59 Å². The van der Waals surface area contributed by atoms with Crippen molar-refractivity contribution in [1.82, 2.24) is 4.90 Å². The fraction of sp³-hybridized carbons (Fsp3) is 0.333. The van der Waals surface area contributed by atoms with Crippen molar-refractivity contribution in [2.45, 2.75) is 26.1 Å². The third-order valence-electron chi connectivity index (χ3n) is 2.51. The van der Waals surface area contributed by atoms with Crippen LogP contribution in [0.1, 0.15) is 18.9 Å². The number of hydrogen-bond acceptors (Lipinski definition) is 3. The number of likely N-dealkylation sites (tertiary alicyclic amines) is 1. The van der Waals surface area contributed by atoms with Crippen molar-refractivity contribution >= 4 is 11.9 Å². The molecule has 0 aromatic heterocycles. The van der Waals surface area contributed by atoms with Gasteiger partial charge in [-0.1, -0.05) is 30.3 Å². The summed E-state index contributed by atoms with van der Waals surface area (Å²) in [6.07, 6.45) is -0.0860. The maximum atomic E-state index is 11.4. The Hall–Kier alpha value is -1.84. The molecular formula is C12H13NO3. The molecule has 1 aliphatic heterocycles. The lowest BCUT2D eigenvalue weighted by Gasteiger charge is -2.39. The molecule has 1 unspecified atom stereocenters. The summed E-state index contributed by atoms with van der Waals surface area (Å²) in [6.45, 7) is 1.85. The van der Waals surface area contributed by atoms with Gasteiger partial charge in [0.15, 0.2) is 6.23 Å². The van der Waals surface area contributed by atoms with Crippen LogP contribution in [0.15, 0.2) is 30.3 Å². The molecule has 1 aromatic carbocycles. The minimum absolute atomic E-state index is 0.0232. The van der Waals surface area contributed by atoms with Crippen LogP contribution in [-0.2, 0) is 20.9 Å². The molecule has 4 heteroatoms. The first-order chi connectivity index (χ1) is 7.66. The summed E-state index contributed by atoms with van der Waals surface area (Å²) in [4.78, 5) is 23.7. The van der Waals surface area contributed by atoms with Crippen molar-refractivity contribution in [2.24, 2.45) is 0 Å². The maximum absolute atomic E-state index is 11.4. The SMILES string of the molecule is CC(=O)OC1CC(=O)N1Cc1ccccc1. The first-order valence-electron chi connectivity index (χ1n) is 5.17. The number of esters is 1. The van der Waals surface area contributed by atoms with E-state index in [-0.39, 0.29) is 18.1 Å². The third kappa shape index (κ3) is 2.21. The van der Waals surface area contributed by atoms with E-state index in [2.05, 4.69) is 0 Å². The lowest BCUT2D eigenvalue weighted by molar-refractivity contribution is -0.183. The molecule has 0 spiro atoms. The highest BCUT2D eigenvalue weighted by Crippen LogP contribution is 2.23. The number of rotatable bonds is 3. The smallest absolute Gasteiger partial charge is 0.304 e. The van der Waals surface area contributed by atoms with E-state index < -0.39 is 0 Å². The highest BCUT2D eigenvalue weighted by Gasteiger charge is 2.38. The molecule has 0 saturated carbocycles. The van der Waals surface area contributed by atoms with Crippen molar-refractivity contribution in [3.63, 3.8) is 0 Å². The molecule has 0 aliphatic carbocycles. The van der Waals surface area contributed by atoms with Crippen molar-refractivity contribution in [3.8, 4) is 0 Å². The molecule has 84 valence electrons. The van der Waals surface area contributed by atoms with Crippen molar-refractivity contribution in [1.29, 1.82) is 0 Å². The zero-order valence-electron chi connectivity index (χ0n) is 9.05. The van der Waals surface area contributed by atoms with Crippen LogP contribution in [0.3, 0.4) is 0 Å². The minimum atomic E-state index is -0.384. The number of carbonyl (C=O) groups is 2. The summed E-state index contributed by atoms with van der Waals surface area (Å²) in [5.74, 6) is -0.328. The predicted octanol–water partition coefficient (Wildman–Crippen LogP) is 1.31. The maximum Gasteiger partial charge on any atom is 0.304 e. The monoisotopic (exact) mass is 219 g/mol. The van der Waals surface area contributed by atoms with Gasteiger partial charge in [-0.05, 0) is 5.56 Å². The Bertz CT molecular complexity index is 402. The summed E-state index contributed by atoms with van der Waals surface area (Å²) in [5, 5.41) is 0. The van der Waals surface area contributed by atoms with Crippen LogP contribution >= 0.6 is 0 Å². The van der Waals surface area contributed by atoms with Gasteiger partial charge in [-0.15, -0.1) is 0 Å². The van der Waals surface area contributed by atoms with Crippen molar-refractivity contribution in [3.05, 3.63) is 35.9 Å². The average Bonchev–Trinajstić information content (AvgIpc) is 2.26. The lowest BCUT2D eigenvalue weighted by Crippen LogP contribution is -2.53. The fourth-order valence-corrected chi connectivity index (χ4v) is 1.69. The van der Waals surface area contributed by atoms with Gasteiger partial charge in [0.05, 0.1) is 6.42 Å². The highest BCUT2D eigenvalue weighted by molar-refractivity contribution is 5.83. The first-order valence-corrected chi connectivity index (χ1v) is 5.17. The zero-order chi connectivity index (χ0) is 11.5. The molecule has 2 rings (SSSR count). The van der Waals surface area contributed by atoms with Crippen LogP contribution in [-0.4, -0.2) is 23.0 Å². The Balaban J connectivity index is 1.98. The normalized spacial score (nSPS) is 19.2. The molecule has 1 saturated heterocycles. The molecule has 1 atom stereocenters. The van der Waals surface area contributed by atoms with Gasteiger partial charge in [-0.2, -0.15) is 0 Å². The van der Waals surface area contributed by atoms with E-state index in [0.29, 0.717) is 13.0 Å². The largest absolute Gasteiger partial charge is 0.441 e. The second-order valence-electron chi connectivity index (χ2n) is 3.78. The molecule has 1 heterocycles. The number of benzene rings is 1. The first kappa shape index (κ1) is 10.7. The van der Waals surface area contributed by atoms with E-state index in [1.807, 2.05) is 30.3 Å². The summed E-state index contributed by atoms with van der Waals surface area (Å²) < 4.78 is 5.01. The zero-order valence-corrected chi connectivity index (χ0v) is 9.05. The Labute approximate surface area is 93.8 Å². The number of carbonyl (C=O) groups excluding carboxylic acids is 2. The molecule has 0 radical (unpaired) electrons. The second-order valence-corrected chi connectivity index (χ2v) is 3.78. The van der Waals surface area contributed by atoms with E-state index in [1.165, 1.54) is 6.92 Å². The van der Waals surface area contributed by atoms with Gasteiger partial charge in [0, 0.05) is 13.5 Å². The predicted molar refractivity (Wildman–Crippen MR) is 57.2 cm³/mol. The second kappa shape index (κ2) is 4.35. The Morgan fingerprint density at radius 3 is 2.69 bits per heavy atom. The highest BCUT2D eigenvalue weighted by atomic mass is 16.6. The van der Waals surface area contributed by atoms with Crippen LogP contribution in [0.2, 0.25) is 0 Å². The molecule has 1 aromatic rings. The van der Waals surface area contributed by atoms with Gasteiger partial charge in [-0.25, -0.2) is 0 Å². The quantitative estimate of drug-likeness (QED) is 0.568.